The third-order valence-corrected chi connectivity index (χ3v) is 5.55. The molecule has 1 N–H and O–H groups in total. The van der Waals surface area contributed by atoms with Crippen LogP contribution in [0.5, 0.6) is 0 Å². The second-order valence-corrected chi connectivity index (χ2v) is 6.91. The van der Waals surface area contributed by atoms with Gasteiger partial charge in [0.15, 0.2) is 0 Å². The highest BCUT2D eigenvalue weighted by atomic mass is 32.2. The molecule has 0 unspecified atom stereocenters. The van der Waals surface area contributed by atoms with Crippen molar-refractivity contribution in [3.8, 4) is 0 Å². The van der Waals surface area contributed by atoms with Gasteiger partial charge >= 0.3 is 0 Å². The van der Waals surface area contributed by atoms with Gasteiger partial charge in [-0.1, -0.05) is 0 Å². The van der Waals surface area contributed by atoms with Crippen LogP contribution in [-0.2, 0) is 19.8 Å². The van der Waals surface area contributed by atoms with Crippen molar-refractivity contribution in [3.63, 3.8) is 0 Å². The van der Waals surface area contributed by atoms with Gasteiger partial charge in [-0.25, -0.2) is 0 Å². The molecule has 0 aromatic carbocycles. The second-order valence-electron chi connectivity index (χ2n) is 5.06. The van der Waals surface area contributed by atoms with Crippen molar-refractivity contribution in [2.75, 3.05) is 19.6 Å². The molecule has 2 aliphatic rings. The van der Waals surface area contributed by atoms with E-state index >= 15 is 0 Å². The Morgan fingerprint density at radius 3 is 2.28 bits per heavy atom. The van der Waals surface area contributed by atoms with Crippen molar-refractivity contribution in [2.24, 2.45) is 0 Å². The van der Waals surface area contributed by atoms with E-state index in [2.05, 4.69) is 5.32 Å². The first-order chi connectivity index (χ1) is 8.26. The van der Waals surface area contributed by atoms with Gasteiger partial charge in [-0.05, 0) is 26.7 Å². The predicted molar refractivity (Wildman–Crippen MR) is 63.7 cm³/mol. The molecule has 2 heterocycles. The molecule has 2 fully saturated rings. The van der Waals surface area contributed by atoms with Gasteiger partial charge in [0.2, 0.25) is 11.8 Å². The minimum Gasteiger partial charge on any atom is -0.294 e. The molecule has 2 saturated heterocycles. The number of hydrogen-bond donors (Lipinski definition) is 1. The smallest absolute Gasteiger partial charge is 0.283 e. The van der Waals surface area contributed by atoms with Crippen LogP contribution in [-0.4, -0.2) is 54.0 Å². The van der Waals surface area contributed by atoms with Gasteiger partial charge in [0, 0.05) is 13.1 Å². The minimum absolute atomic E-state index is 0.308. The van der Waals surface area contributed by atoms with Crippen LogP contribution in [0, 0.1) is 0 Å². The number of carbonyl (C=O) groups is 2. The summed E-state index contributed by atoms with van der Waals surface area (Å²) < 4.78 is 27.2. The standard InChI is InChI=1S/C10H17N3O4S/c1-10(2)9(15)11-8(14)7-13(10)18(16,17)12-5-3-4-6-12/h3-7H2,1-2H3,(H,11,14,15). The topological polar surface area (TPSA) is 86.8 Å². The molecule has 0 aromatic heterocycles. The summed E-state index contributed by atoms with van der Waals surface area (Å²) in [6, 6.07) is 0. The number of carbonyl (C=O) groups excluding carboxylic acids is 2. The fourth-order valence-electron chi connectivity index (χ4n) is 2.19. The molecule has 2 aliphatic heterocycles. The van der Waals surface area contributed by atoms with Gasteiger partial charge < -0.3 is 0 Å². The summed E-state index contributed by atoms with van der Waals surface area (Å²) in [5.41, 5.74) is -1.24. The Kier molecular flexibility index (Phi) is 3.20. The van der Waals surface area contributed by atoms with E-state index in [1.807, 2.05) is 0 Å². The van der Waals surface area contributed by atoms with Crippen LogP contribution in [0.1, 0.15) is 26.7 Å². The van der Waals surface area contributed by atoms with E-state index in [4.69, 9.17) is 0 Å². The number of nitrogens with one attached hydrogen (secondary N) is 1. The molecule has 0 bridgehead atoms. The van der Waals surface area contributed by atoms with E-state index in [-0.39, 0.29) is 6.54 Å². The van der Waals surface area contributed by atoms with Crippen LogP contribution >= 0.6 is 0 Å². The van der Waals surface area contributed by atoms with Gasteiger partial charge in [0.1, 0.15) is 5.54 Å². The van der Waals surface area contributed by atoms with Crippen LogP contribution in [0.3, 0.4) is 0 Å². The Bertz CT molecular complexity index is 479. The van der Waals surface area contributed by atoms with Crippen LogP contribution in [0.15, 0.2) is 0 Å². The number of nitrogens with zero attached hydrogens (tertiary/aromatic N) is 2. The molecular formula is C10H17N3O4S. The summed E-state index contributed by atoms with van der Waals surface area (Å²) in [6.45, 7) is 3.60. The summed E-state index contributed by atoms with van der Waals surface area (Å²) >= 11 is 0. The second kappa shape index (κ2) is 4.29. The number of imide groups is 1. The molecule has 8 heteroatoms. The van der Waals surface area contributed by atoms with Crippen molar-refractivity contribution in [1.82, 2.24) is 13.9 Å². The fourth-order valence-corrected chi connectivity index (χ4v) is 4.13. The summed E-state index contributed by atoms with van der Waals surface area (Å²) in [6.07, 6.45) is 1.63. The van der Waals surface area contributed by atoms with Gasteiger partial charge in [0.05, 0.1) is 6.54 Å². The average Bonchev–Trinajstić information content (AvgIpc) is 2.77. The summed E-state index contributed by atoms with van der Waals surface area (Å²) in [5.74, 6) is -1.16. The fraction of sp³-hybridized carbons (Fsp3) is 0.800. The molecule has 2 amide bonds. The molecule has 0 radical (unpaired) electrons. The number of hydrogen-bond acceptors (Lipinski definition) is 4. The third kappa shape index (κ3) is 2.04. The van der Waals surface area contributed by atoms with Crippen molar-refractivity contribution < 1.29 is 18.0 Å². The Morgan fingerprint density at radius 1 is 1.17 bits per heavy atom. The highest BCUT2D eigenvalue weighted by Crippen LogP contribution is 2.26. The first-order valence-electron chi connectivity index (χ1n) is 5.88. The lowest BCUT2D eigenvalue weighted by Gasteiger charge is -2.40. The minimum atomic E-state index is -3.75. The van der Waals surface area contributed by atoms with E-state index < -0.39 is 27.6 Å². The lowest BCUT2D eigenvalue weighted by molar-refractivity contribution is -0.141. The largest absolute Gasteiger partial charge is 0.294 e. The monoisotopic (exact) mass is 275 g/mol. The Morgan fingerprint density at radius 2 is 1.72 bits per heavy atom. The molecule has 0 aliphatic carbocycles. The van der Waals surface area contributed by atoms with Crippen molar-refractivity contribution in [1.29, 1.82) is 0 Å². The molecule has 2 rings (SSSR count). The highest BCUT2D eigenvalue weighted by Gasteiger charge is 2.49. The zero-order chi connectivity index (χ0) is 13.6. The lowest BCUT2D eigenvalue weighted by Crippen LogP contribution is -2.67. The van der Waals surface area contributed by atoms with Gasteiger partial charge in [-0.2, -0.15) is 17.0 Å². The predicted octanol–water partition coefficient (Wildman–Crippen LogP) is -0.936. The summed E-state index contributed by atoms with van der Waals surface area (Å²) in [4.78, 5) is 23.1. The quantitative estimate of drug-likeness (QED) is 0.659. The van der Waals surface area contributed by atoms with E-state index in [1.54, 1.807) is 0 Å². The van der Waals surface area contributed by atoms with E-state index in [0.29, 0.717) is 13.1 Å². The van der Waals surface area contributed by atoms with Gasteiger partial charge in [-0.3, -0.25) is 14.9 Å². The van der Waals surface area contributed by atoms with Gasteiger partial charge in [-0.15, -0.1) is 0 Å². The molecule has 0 saturated carbocycles. The average molecular weight is 275 g/mol. The maximum atomic E-state index is 12.4. The van der Waals surface area contributed by atoms with Crippen molar-refractivity contribution in [3.05, 3.63) is 0 Å². The Hall–Kier alpha value is -0.990. The maximum absolute atomic E-state index is 12.4. The maximum Gasteiger partial charge on any atom is 0.283 e. The number of amides is 2. The van der Waals surface area contributed by atoms with E-state index in [0.717, 1.165) is 17.1 Å². The number of rotatable bonds is 2. The van der Waals surface area contributed by atoms with Crippen molar-refractivity contribution in [2.45, 2.75) is 32.2 Å². The molecule has 102 valence electrons. The molecule has 0 spiro atoms. The zero-order valence-corrected chi connectivity index (χ0v) is 11.3. The van der Waals surface area contributed by atoms with Crippen LogP contribution in [0.25, 0.3) is 0 Å². The first kappa shape index (κ1) is 13.4. The summed E-state index contributed by atoms with van der Waals surface area (Å²) in [7, 11) is -3.75. The number of piperazine rings is 1. The molecule has 0 aromatic rings. The Balaban J connectivity index is 2.35. The van der Waals surface area contributed by atoms with Crippen molar-refractivity contribution >= 4 is 22.0 Å². The molecule has 18 heavy (non-hydrogen) atoms. The van der Waals surface area contributed by atoms with Crippen LogP contribution in [0.2, 0.25) is 0 Å². The third-order valence-electron chi connectivity index (χ3n) is 3.39. The van der Waals surface area contributed by atoms with E-state index in [9.17, 15) is 18.0 Å². The molecular weight excluding hydrogens is 258 g/mol. The van der Waals surface area contributed by atoms with Crippen LogP contribution < -0.4 is 5.32 Å². The lowest BCUT2D eigenvalue weighted by atomic mass is 10.0. The summed E-state index contributed by atoms with van der Waals surface area (Å²) in [5, 5.41) is 2.16. The first-order valence-corrected chi connectivity index (χ1v) is 7.28. The van der Waals surface area contributed by atoms with Crippen LogP contribution in [0.4, 0.5) is 0 Å². The highest BCUT2D eigenvalue weighted by molar-refractivity contribution is 7.86. The SMILES string of the molecule is CC1(C)C(=O)NC(=O)CN1S(=O)(=O)N1CCCC1. The Labute approximate surface area is 106 Å². The van der Waals surface area contributed by atoms with E-state index in [1.165, 1.54) is 18.2 Å². The molecule has 0 atom stereocenters. The molecule has 7 nitrogen and oxygen atoms in total. The zero-order valence-electron chi connectivity index (χ0n) is 10.5. The van der Waals surface area contributed by atoms with Gasteiger partial charge in [0.25, 0.3) is 10.2 Å². The normalized spacial score (nSPS) is 26.3.